The quantitative estimate of drug-likeness (QED) is 0.194. The van der Waals surface area contributed by atoms with Gasteiger partial charge in [0.25, 0.3) is 0 Å². The number of aromatic nitrogens is 2. The number of anilines is 1. The smallest absolute Gasteiger partial charge is 0.338 e. The van der Waals surface area contributed by atoms with Crippen LogP contribution < -0.4 is 9.64 Å². The number of hydrogen-bond acceptors (Lipinski definition) is 9. The van der Waals surface area contributed by atoms with Gasteiger partial charge in [0.05, 0.1) is 46.7 Å². The second kappa shape index (κ2) is 10.4. The maximum atomic E-state index is 12.5. The van der Waals surface area contributed by atoms with Gasteiger partial charge in [-0.3, -0.25) is 0 Å². The maximum Gasteiger partial charge on any atom is 0.338 e. The first-order valence-corrected chi connectivity index (χ1v) is 16.1. The Labute approximate surface area is 256 Å². The van der Waals surface area contributed by atoms with Crippen LogP contribution in [-0.4, -0.2) is 48.0 Å². The third kappa shape index (κ3) is 4.39. The van der Waals surface area contributed by atoms with E-state index in [0.29, 0.717) is 64.5 Å². The van der Waals surface area contributed by atoms with E-state index in [2.05, 4.69) is 10.1 Å². The third-order valence-electron chi connectivity index (χ3n) is 9.08. The lowest BCUT2D eigenvalue weighted by molar-refractivity contribution is 0.0147. The molecule has 11 heteroatoms. The van der Waals surface area contributed by atoms with Gasteiger partial charge in [-0.15, -0.1) is 0 Å². The summed E-state index contributed by atoms with van der Waals surface area (Å²) in [5.74, 6) is 1.69. The van der Waals surface area contributed by atoms with Gasteiger partial charge in [0, 0.05) is 41.1 Å². The second-order valence-corrected chi connectivity index (χ2v) is 13.4. The zero-order valence-electron chi connectivity index (χ0n) is 23.0. The van der Waals surface area contributed by atoms with Crippen molar-refractivity contribution in [3.05, 3.63) is 56.8 Å². The van der Waals surface area contributed by atoms with Crippen LogP contribution in [0, 0.1) is 0 Å². The van der Waals surface area contributed by atoms with Gasteiger partial charge in [-0.2, -0.15) is 0 Å². The summed E-state index contributed by atoms with van der Waals surface area (Å²) < 4.78 is 24.4. The predicted octanol–water partition coefficient (Wildman–Crippen LogP) is 7.57. The Hall–Kier alpha value is -2.85. The predicted molar refractivity (Wildman–Crippen MR) is 161 cm³/mol. The number of thiazole rings is 1. The van der Waals surface area contributed by atoms with Gasteiger partial charge in [-0.1, -0.05) is 45.8 Å². The monoisotopic (exact) mass is 625 g/mol. The van der Waals surface area contributed by atoms with E-state index in [1.165, 1.54) is 7.11 Å². The normalized spacial score (nSPS) is 22.9. The van der Waals surface area contributed by atoms with E-state index in [1.807, 2.05) is 24.3 Å². The van der Waals surface area contributed by atoms with E-state index in [0.717, 1.165) is 76.5 Å². The van der Waals surface area contributed by atoms with Gasteiger partial charge in [-0.05, 0) is 56.7 Å². The molecular formula is C31H29Cl2N3O5S. The molecule has 4 aliphatic rings. The molecule has 4 aromatic rings. The van der Waals surface area contributed by atoms with Crippen molar-refractivity contribution in [3.8, 4) is 17.0 Å². The molecule has 8 nitrogen and oxygen atoms in total. The van der Waals surface area contributed by atoms with E-state index < -0.39 is 0 Å². The molecule has 5 heterocycles. The fourth-order valence-corrected chi connectivity index (χ4v) is 8.68. The number of halogens is 2. The maximum absolute atomic E-state index is 12.5. The lowest BCUT2D eigenvalue weighted by atomic mass is 10.00. The minimum atomic E-state index is -0.329. The van der Waals surface area contributed by atoms with Crippen LogP contribution in [0.2, 0.25) is 10.0 Å². The summed E-state index contributed by atoms with van der Waals surface area (Å²) in [6.07, 6.45) is 7.03. The number of carbonyl (C=O) groups is 1. The van der Waals surface area contributed by atoms with Crippen molar-refractivity contribution in [2.45, 2.75) is 75.7 Å². The van der Waals surface area contributed by atoms with Crippen LogP contribution >= 0.6 is 34.5 Å². The summed E-state index contributed by atoms with van der Waals surface area (Å²) >= 11 is 14.7. The molecule has 8 rings (SSSR count). The number of rotatable bonds is 7. The highest BCUT2D eigenvalue weighted by molar-refractivity contribution is 7.22. The highest BCUT2D eigenvalue weighted by Crippen LogP contribution is 2.48. The molecule has 2 saturated heterocycles. The van der Waals surface area contributed by atoms with Crippen molar-refractivity contribution in [2.75, 3.05) is 18.6 Å². The Balaban J connectivity index is 1.03. The first-order chi connectivity index (χ1) is 20.5. The van der Waals surface area contributed by atoms with Crippen LogP contribution in [0.4, 0.5) is 5.13 Å². The van der Waals surface area contributed by atoms with E-state index >= 15 is 0 Å². The minimum Gasteiger partial charge on any atom is -0.491 e. The average Bonchev–Trinajstić information content (AvgIpc) is 3.28. The average molecular weight is 627 g/mol. The Morgan fingerprint density at radius 3 is 2.62 bits per heavy atom. The molecule has 1 aliphatic carbocycles. The van der Waals surface area contributed by atoms with Crippen molar-refractivity contribution in [1.29, 1.82) is 0 Å². The summed E-state index contributed by atoms with van der Waals surface area (Å²) in [5, 5.41) is 6.51. The van der Waals surface area contributed by atoms with Gasteiger partial charge in [-0.25, -0.2) is 9.78 Å². The Morgan fingerprint density at radius 2 is 1.90 bits per heavy atom. The highest BCUT2D eigenvalue weighted by atomic mass is 35.5. The molecule has 3 atom stereocenters. The number of hydrogen-bond donors (Lipinski definition) is 0. The molecule has 0 amide bonds. The summed E-state index contributed by atoms with van der Waals surface area (Å²) in [5.41, 5.74) is 4.68. The number of ether oxygens (including phenoxy) is 3. The van der Waals surface area contributed by atoms with Crippen LogP contribution in [0.1, 0.15) is 71.7 Å². The topological polar surface area (TPSA) is 86.9 Å². The van der Waals surface area contributed by atoms with Gasteiger partial charge in [0.15, 0.2) is 10.9 Å². The molecule has 218 valence electrons. The van der Waals surface area contributed by atoms with Crippen LogP contribution in [0.3, 0.4) is 0 Å². The Kier molecular flexibility index (Phi) is 6.63. The fraction of sp³-hybridized carbons (Fsp3) is 0.452. The summed E-state index contributed by atoms with van der Waals surface area (Å²) in [4.78, 5) is 20.0. The molecule has 1 unspecified atom stereocenters. The lowest BCUT2D eigenvalue weighted by Crippen LogP contribution is -2.45. The zero-order chi connectivity index (χ0) is 28.5. The van der Waals surface area contributed by atoms with E-state index in [4.69, 9.17) is 46.9 Å². The van der Waals surface area contributed by atoms with Gasteiger partial charge in [0.2, 0.25) is 0 Å². The molecule has 2 bridgehead atoms. The number of esters is 1. The van der Waals surface area contributed by atoms with Gasteiger partial charge < -0.3 is 23.6 Å². The van der Waals surface area contributed by atoms with E-state index in [9.17, 15) is 4.79 Å². The molecular weight excluding hydrogens is 597 g/mol. The zero-order valence-corrected chi connectivity index (χ0v) is 25.4. The van der Waals surface area contributed by atoms with Crippen LogP contribution in [0.25, 0.3) is 21.5 Å². The molecule has 0 radical (unpaired) electrons. The Morgan fingerprint density at radius 1 is 1.14 bits per heavy atom. The lowest BCUT2D eigenvalue weighted by Gasteiger charge is -2.38. The molecule has 2 aromatic carbocycles. The number of nitrogens with zero attached hydrogens (tertiary/aromatic N) is 3. The molecule has 1 saturated carbocycles. The van der Waals surface area contributed by atoms with Crippen LogP contribution in [-0.2, 0) is 22.5 Å². The number of fused-ring (bicyclic) bond motifs is 5. The molecule has 2 aromatic heterocycles. The first-order valence-electron chi connectivity index (χ1n) is 14.5. The number of carbonyl (C=O) groups excluding carboxylic acids is 1. The highest BCUT2D eigenvalue weighted by Gasteiger charge is 2.43. The molecule has 0 spiro atoms. The first kappa shape index (κ1) is 26.8. The number of benzene rings is 2. The minimum absolute atomic E-state index is 0.114. The molecule has 3 aliphatic heterocycles. The summed E-state index contributed by atoms with van der Waals surface area (Å²) in [6.45, 7) is 0.968. The molecule has 42 heavy (non-hydrogen) atoms. The van der Waals surface area contributed by atoms with E-state index in [-0.39, 0.29) is 12.1 Å². The number of piperidine rings is 1. The summed E-state index contributed by atoms with van der Waals surface area (Å²) in [6, 6.07) is 8.08. The van der Waals surface area contributed by atoms with E-state index in [1.54, 1.807) is 11.3 Å². The summed E-state index contributed by atoms with van der Waals surface area (Å²) in [7, 11) is 1.42. The van der Waals surface area contributed by atoms with Crippen molar-refractivity contribution in [1.82, 2.24) is 10.1 Å². The van der Waals surface area contributed by atoms with Crippen LogP contribution in [0.5, 0.6) is 5.75 Å². The van der Waals surface area contributed by atoms with Crippen molar-refractivity contribution in [3.63, 3.8) is 0 Å². The van der Waals surface area contributed by atoms with Gasteiger partial charge >= 0.3 is 5.97 Å². The third-order valence-corrected chi connectivity index (χ3v) is 10.7. The van der Waals surface area contributed by atoms with Crippen molar-refractivity contribution >= 4 is 55.9 Å². The standard InChI is InChI=1S/C31H29Cl2N3O5S/c1-38-30(37)20-13-24-27(29-19(20)9-10-39-29)34-31(42-24)36-16-7-8-17(36)12-18(11-16)40-14-21-26(35-41-28(21)15-5-6-15)25-22(32)3-2-4-23(25)33/h2-4,13,15-18H,5-12,14H2,1H3/t16-,17+,18?. The van der Waals surface area contributed by atoms with Gasteiger partial charge in [0.1, 0.15) is 17.0 Å². The van der Waals surface area contributed by atoms with Crippen molar-refractivity contribution in [2.24, 2.45) is 0 Å². The number of methoxy groups -OCH3 is 1. The fourth-order valence-electron chi connectivity index (χ4n) is 6.95. The molecule has 3 fully saturated rings. The largest absolute Gasteiger partial charge is 0.491 e. The SMILES string of the molecule is COC(=O)c1cc2sc(N3[C@@H]4CC[C@H]3CC(OCc3c(-c5c(Cl)cccc5Cl)noc3C3CC3)C4)nc2c2c1CCO2. The Bertz CT molecular complexity index is 1680. The molecule has 0 N–H and O–H groups in total. The second-order valence-electron chi connectivity index (χ2n) is 11.6. The van der Waals surface area contributed by atoms with Crippen LogP contribution in [0.15, 0.2) is 28.8 Å². The van der Waals surface area contributed by atoms with Crippen molar-refractivity contribution < 1.29 is 23.5 Å².